The average Bonchev–Trinajstić information content (AvgIpc) is 2.40. The first-order valence-electron chi connectivity index (χ1n) is 5.53. The summed E-state index contributed by atoms with van der Waals surface area (Å²) in [6.07, 6.45) is 3.75. The van der Waals surface area contributed by atoms with Crippen molar-refractivity contribution in [3.05, 3.63) is 67.0 Å². The standard InChI is InChI=1S/C15H11NO/c17-15-11-16(13-7-2-1-3-8-13)10-12-6-4-5-9-14(12)15/h1-11H/p+1. The van der Waals surface area contributed by atoms with E-state index in [0.29, 0.717) is 5.75 Å². The lowest BCUT2D eigenvalue weighted by Gasteiger charge is -2.00. The minimum absolute atomic E-state index is 0.298. The Kier molecular flexibility index (Phi) is 2.26. The lowest BCUT2D eigenvalue weighted by atomic mass is 10.1. The quantitative estimate of drug-likeness (QED) is 0.629. The number of aromatic nitrogens is 1. The molecule has 0 saturated heterocycles. The summed E-state index contributed by atoms with van der Waals surface area (Å²) < 4.78 is 1.93. The van der Waals surface area contributed by atoms with Gasteiger partial charge >= 0.3 is 0 Å². The molecular weight excluding hydrogens is 210 g/mol. The van der Waals surface area contributed by atoms with Crippen LogP contribution in [0.2, 0.25) is 0 Å². The predicted octanol–water partition coefficient (Wildman–Crippen LogP) is 2.82. The summed E-state index contributed by atoms with van der Waals surface area (Å²) in [5.41, 5.74) is 1.04. The Labute approximate surface area is 99.4 Å². The van der Waals surface area contributed by atoms with Gasteiger partial charge in [-0.2, -0.15) is 4.57 Å². The summed E-state index contributed by atoms with van der Waals surface area (Å²) in [5.74, 6) is 0.298. The summed E-state index contributed by atoms with van der Waals surface area (Å²) in [6, 6.07) is 17.8. The van der Waals surface area contributed by atoms with Crippen LogP contribution >= 0.6 is 0 Å². The van der Waals surface area contributed by atoms with E-state index in [-0.39, 0.29) is 0 Å². The van der Waals surface area contributed by atoms with Crippen LogP contribution in [0, 0.1) is 0 Å². The number of pyridine rings is 1. The van der Waals surface area contributed by atoms with Crippen molar-refractivity contribution in [1.29, 1.82) is 0 Å². The number of aromatic hydroxyl groups is 1. The second-order valence-electron chi connectivity index (χ2n) is 3.97. The van der Waals surface area contributed by atoms with Crippen molar-refractivity contribution in [2.45, 2.75) is 0 Å². The maximum absolute atomic E-state index is 9.99. The maximum atomic E-state index is 9.99. The minimum atomic E-state index is 0.298. The average molecular weight is 222 g/mol. The number of benzene rings is 2. The molecule has 1 heterocycles. The van der Waals surface area contributed by atoms with Gasteiger partial charge in [-0.05, 0) is 6.07 Å². The molecule has 82 valence electrons. The molecule has 0 unspecified atom stereocenters. The third-order valence-electron chi connectivity index (χ3n) is 2.83. The van der Waals surface area contributed by atoms with Gasteiger partial charge in [-0.3, -0.25) is 0 Å². The van der Waals surface area contributed by atoms with Crippen molar-refractivity contribution in [3.63, 3.8) is 0 Å². The van der Waals surface area contributed by atoms with Gasteiger partial charge in [0.05, 0.1) is 0 Å². The molecule has 3 rings (SSSR count). The SMILES string of the molecule is Oc1c[n+](-c2ccccc2)cc2ccccc12. The highest BCUT2D eigenvalue weighted by Crippen LogP contribution is 2.21. The van der Waals surface area contributed by atoms with Crippen LogP contribution in [0.15, 0.2) is 67.0 Å². The van der Waals surface area contributed by atoms with Gasteiger partial charge in [-0.1, -0.05) is 36.4 Å². The molecule has 0 aliphatic rings. The van der Waals surface area contributed by atoms with Crippen LogP contribution in [0.1, 0.15) is 0 Å². The second kappa shape index (κ2) is 3.91. The highest BCUT2D eigenvalue weighted by Gasteiger charge is 2.10. The molecule has 0 radical (unpaired) electrons. The lowest BCUT2D eigenvalue weighted by Crippen LogP contribution is -2.29. The molecule has 3 aromatic rings. The fraction of sp³-hybridized carbons (Fsp3) is 0. The third kappa shape index (κ3) is 1.74. The second-order valence-corrected chi connectivity index (χ2v) is 3.97. The normalized spacial score (nSPS) is 10.6. The monoisotopic (exact) mass is 222 g/mol. The predicted molar refractivity (Wildman–Crippen MR) is 67.1 cm³/mol. The van der Waals surface area contributed by atoms with Crippen LogP contribution in [-0.4, -0.2) is 5.11 Å². The van der Waals surface area contributed by atoms with Gasteiger partial charge in [-0.15, -0.1) is 0 Å². The van der Waals surface area contributed by atoms with E-state index < -0.39 is 0 Å². The molecule has 0 amide bonds. The van der Waals surface area contributed by atoms with Crippen molar-refractivity contribution >= 4 is 10.8 Å². The Morgan fingerprint density at radius 2 is 1.47 bits per heavy atom. The van der Waals surface area contributed by atoms with Gasteiger partial charge in [-0.25, -0.2) is 0 Å². The molecule has 0 bridgehead atoms. The zero-order chi connectivity index (χ0) is 11.7. The molecule has 17 heavy (non-hydrogen) atoms. The first-order valence-corrected chi connectivity index (χ1v) is 5.53. The van der Waals surface area contributed by atoms with Crippen LogP contribution in [-0.2, 0) is 0 Å². The van der Waals surface area contributed by atoms with Gasteiger partial charge < -0.3 is 5.11 Å². The van der Waals surface area contributed by atoms with Crippen LogP contribution in [0.4, 0.5) is 0 Å². The molecule has 1 N–H and O–H groups in total. The Balaban J connectivity index is 2.26. The molecule has 0 atom stereocenters. The summed E-state index contributed by atoms with van der Waals surface area (Å²) in [7, 11) is 0. The third-order valence-corrected chi connectivity index (χ3v) is 2.83. The smallest absolute Gasteiger partial charge is 0.217 e. The fourth-order valence-corrected chi connectivity index (χ4v) is 1.98. The number of rotatable bonds is 1. The number of hydrogen-bond acceptors (Lipinski definition) is 1. The summed E-state index contributed by atoms with van der Waals surface area (Å²) in [5, 5.41) is 11.9. The summed E-state index contributed by atoms with van der Waals surface area (Å²) in [4.78, 5) is 0. The molecule has 2 nitrogen and oxygen atoms in total. The van der Waals surface area contributed by atoms with E-state index in [1.165, 1.54) is 0 Å². The highest BCUT2D eigenvalue weighted by atomic mass is 16.3. The molecule has 2 aromatic carbocycles. The van der Waals surface area contributed by atoms with E-state index >= 15 is 0 Å². The number of para-hydroxylation sites is 1. The van der Waals surface area contributed by atoms with Gasteiger partial charge in [0.25, 0.3) is 0 Å². The van der Waals surface area contributed by atoms with Crippen LogP contribution < -0.4 is 4.57 Å². The van der Waals surface area contributed by atoms with Crippen LogP contribution in [0.5, 0.6) is 5.75 Å². The fourth-order valence-electron chi connectivity index (χ4n) is 1.98. The minimum Gasteiger partial charge on any atom is -0.502 e. The molecule has 1 aromatic heterocycles. The molecule has 0 aliphatic carbocycles. The number of nitrogens with zero attached hydrogens (tertiary/aromatic N) is 1. The first-order chi connectivity index (χ1) is 8.34. The van der Waals surface area contributed by atoms with Gasteiger partial charge in [0, 0.05) is 22.9 Å². The molecular formula is C15H12NO+. The van der Waals surface area contributed by atoms with E-state index in [9.17, 15) is 5.11 Å². The zero-order valence-corrected chi connectivity index (χ0v) is 9.25. The summed E-state index contributed by atoms with van der Waals surface area (Å²) in [6.45, 7) is 0. The first kappa shape index (κ1) is 9.85. The Morgan fingerprint density at radius 3 is 2.29 bits per heavy atom. The van der Waals surface area contributed by atoms with E-state index in [4.69, 9.17) is 0 Å². The highest BCUT2D eigenvalue weighted by molar-refractivity contribution is 5.86. The van der Waals surface area contributed by atoms with Crippen LogP contribution in [0.25, 0.3) is 16.5 Å². The molecule has 0 saturated carbocycles. The van der Waals surface area contributed by atoms with Crippen molar-refractivity contribution in [3.8, 4) is 11.4 Å². The maximum Gasteiger partial charge on any atom is 0.217 e. The zero-order valence-electron chi connectivity index (χ0n) is 9.25. The van der Waals surface area contributed by atoms with E-state index in [2.05, 4.69) is 0 Å². The topological polar surface area (TPSA) is 24.1 Å². The number of fused-ring (bicyclic) bond motifs is 1. The van der Waals surface area contributed by atoms with Gasteiger partial charge in [0.2, 0.25) is 11.9 Å². The van der Waals surface area contributed by atoms with Crippen molar-refractivity contribution in [1.82, 2.24) is 0 Å². The van der Waals surface area contributed by atoms with Gasteiger partial charge in [0.15, 0.2) is 11.9 Å². The number of hydrogen-bond donors (Lipinski definition) is 1. The Morgan fingerprint density at radius 1 is 0.765 bits per heavy atom. The van der Waals surface area contributed by atoms with Crippen molar-refractivity contribution < 1.29 is 9.67 Å². The van der Waals surface area contributed by atoms with Crippen molar-refractivity contribution in [2.75, 3.05) is 0 Å². The van der Waals surface area contributed by atoms with Crippen LogP contribution in [0.3, 0.4) is 0 Å². The molecule has 2 heteroatoms. The summed E-state index contributed by atoms with van der Waals surface area (Å²) >= 11 is 0. The molecule has 0 fully saturated rings. The van der Waals surface area contributed by atoms with E-state index in [0.717, 1.165) is 16.5 Å². The van der Waals surface area contributed by atoms with Gasteiger partial charge in [0.1, 0.15) is 0 Å². The van der Waals surface area contributed by atoms with E-state index in [1.54, 1.807) is 6.20 Å². The molecule has 0 spiro atoms. The molecule has 0 aliphatic heterocycles. The Hall–Kier alpha value is -2.35. The largest absolute Gasteiger partial charge is 0.502 e. The van der Waals surface area contributed by atoms with E-state index in [1.807, 2.05) is 65.4 Å². The Bertz CT molecular complexity index is 662. The van der Waals surface area contributed by atoms with Crippen molar-refractivity contribution in [2.24, 2.45) is 0 Å². The lowest BCUT2D eigenvalue weighted by molar-refractivity contribution is -0.594.